The summed E-state index contributed by atoms with van der Waals surface area (Å²) < 4.78 is 64.2. The summed E-state index contributed by atoms with van der Waals surface area (Å²) in [6.07, 6.45) is 5.41. The van der Waals surface area contributed by atoms with Crippen LogP contribution < -0.4 is 4.57 Å². The van der Waals surface area contributed by atoms with Crippen LogP contribution in [0.3, 0.4) is 0 Å². The summed E-state index contributed by atoms with van der Waals surface area (Å²) in [5.41, 5.74) is -1.53. The quantitative estimate of drug-likeness (QED) is 0.214. The second kappa shape index (κ2) is 7.23. The fourth-order valence-electron chi connectivity index (χ4n) is 1.74. The molecule has 0 atom stereocenters. The number of aryl methyl sites for hydroxylation is 3. The van der Waals surface area contributed by atoms with E-state index >= 15 is 0 Å². The number of terminal acetylenes is 1. The summed E-state index contributed by atoms with van der Waals surface area (Å²) >= 11 is -0.160. The first-order valence-corrected chi connectivity index (χ1v) is 9.98. The fraction of sp³-hybridized carbons (Fsp3) is 0.357. The van der Waals surface area contributed by atoms with Crippen LogP contribution in [-0.2, 0) is 16.7 Å². The largest absolute Gasteiger partial charge is 0.741 e. The van der Waals surface area contributed by atoms with Gasteiger partial charge in [-0.3, -0.25) is 0 Å². The molecule has 1 aromatic carbocycles. The van der Waals surface area contributed by atoms with Crippen molar-refractivity contribution in [2.24, 2.45) is 0 Å². The normalized spacial score (nSPS) is 11.7. The smallest absolute Gasteiger partial charge is 0.485 e. The van der Waals surface area contributed by atoms with Gasteiger partial charge < -0.3 is 4.55 Å². The molecule has 0 saturated heterocycles. The molecule has 0 aliphatic carbocycles. The summed E-state index contributed by atoms with van der Waals surface area (Å²) in [5, 5.41) is 0. The number of halogens is 3. The number of aromatic nitrogens is 1. The number of rotatable bonds is 1. The van der Waals surface area contributed by atoms with Gasteiger partial charge in [-0.15, -0.1) is 0 Å². The average molecular weight is 461 g/mol. The maximum Gasteiger partial charge on any atom is 0.485 e. The van der Waals surface area contributed by atoms with Crippen LogP contribution in [0, 0.1) is 33.1 Å². The van der Waals surface area contributed by atoms with E-state index in [-0.39, 0.29) is 20.4 Å². The Morgan fingerprint density at radius 1 is 1.26 bits per heavy atom. The topological polar surface area (TPSA) is 61.1 Å². The van der Waals surface area contributed by atoms with Gasteiger partial charge in [-0.1, -0.05) is 0 Å². The standard InChI is InChI=1S/C13H14NTe.CHF3O3S/c1-5-6-14-11(4)15-13-8-10(3)9(2)7-12(13)14;2-1(3,4)8(5,6)7/h1,7-8H,6H2,2-4H3;(H,5,6,7)/q+1;/p-1. The first-order valence-electron chi connectivity index (χ1n) is 6.24. The molecule has 4 nitrogen and oxygen atoms in total. The average Bonchev–Trinajstić information content (AvgIpc) is 2.66. The Bertz CT molecular complexity index is 864. The molecule has 0 saturated carbocycles. The van der Waals surface area contributed by atoms with Crippen molar-refractivity contribution in [2.45, 2.75) is 32.8 Å². The summed E-state index contributed by atoms with van der Waals surface area (Å²) in [7, 11) is -6.09. The molecule has 0 unspecified atom stereocenters. The van der Waals surface area contributed by atoms with E-state index in [1.807, 2.05) is 0 Å². The number of alkyl halides is 3. The Balaban J connectivity index is 0.000000284. The van der Waals surface area contributed by atoms with Crippen LogP contribution in [0.15, 0.2) is 12.1 Å². The summed E-state index contributed by atoms with van der Waals surface area (Å²) in [6, 6.07) is 4.62. The minimum atomic E-state index is -6.09. The molecule has 1 heterocycles. The molecule has 0 aliphatic rings. The van der Waals surface area contributed by atoms with Gasteiger partial charge in [0.25, 0.3) is 0 Å². The van der Waals surface area contributed by atoms with Crippen LogP contribution in [0.4, 0.5) is 13.2 Å². The number of nitrogens with zero attached hydrogens (tertiary/aromatic N) is 1. The summed E-state index contributed by atoms with van der Waals surface area (Å²) in [6.45, 7) is 7.27. The molecule has 9 heteroatoms. The van der Waals surface area contributed by atoms with Gasteiger partial charge in [0.15, 0.2) is 10.1 Å². The molecule has 1 aromatic heterocycles. The molecule has 2 aromatic rings. The number of hydrogen-bond donors (Lipinski definition) is 0. The third-order valence-corrected chi connectivity index (χ3v) is 6.64. The van der Waals surface area contributed by atoms with Gasteiger partial charge in [-0.05, 0) is 0 Å². The molecule has 0 bridgehead atoms. The Labute approximate surface area is 142 Å². The monoisotopic (exact) mass is 463 g/mol. The van der Waals surface area contributed by atoms with Gasteiger partial charge in [0.2, 0.25) is 0 Å². The van der Waals surface area contributed by atoms with Crippen LogP contribution in [0.2, 0.25) is 0 Å². The Kier molecular flexibility index (Phi) is 6.28. The van der Waals surface area contributed by atoms with Gasteiger partial charge in [-0.2, -0.15) is 13.2 Å². The van der Waals surface area contributed by atoms with Crippen molar-refractivity contribution >= 4 is 39.5 Å². The van der Waals surface area contributed by atoms with Gasteiger partial charge in [0.05, 0.1) is 0 Å². The van der Waals surface area contributed by atoms with E-state index in [0.717, 1.165) is 0 Å². The number of benzene rings is 1. The predicted octanol–water partition coefficient (Wildman–Crippen LogP) is 1.79. The second-order valence-corrected chi connectivity index (χ2v) is 9.61. The third-order valence-electron chi connectivity index (χ3n) is 3.04. The molecule has 0 radical (unpaired) electrons. The van der Waals surface area contributed by atoms with Crippen LogP contribution in [0.25, 0.3) is 8.92 Å². The fourth-order valence-corrected chi connectivity index (χ4v) is 4.88. The first kappa shape index (κ1) is 20.0. The van der Waals surface area contributed by atoms with Crippen molar-refractivity contribution in [3.63, 3.8) is 0 Å². The van der Waals surface area contributed by atoms with Crippen molar-refractivity contribution < 1.29 is 30.7 Å². The van der Waals surface area contributed by atoms with Gasteiger partial charge in [-0.25, -0.2) is 8.42 Å². The van der Waals surface area contributed by atoms with Crippen molar-refractivity contribution in [2.75, 3.05) is 0 Å². The second-order valence-electron chi connectivity index (χ2n) is 4.72. The minimum Gasteiger partial charge on any atom is -0.741 e. The van der Waals surface area contributed by atoms with Crippen LogP contribution in [0.1, 0.15) is 14.8 Å². The van der Waals surface area contributed by atoms with Crippen LogP contribution >= 0.6 is 0 Å². The van der Waals surface area contributed by atoms with Crippen LogP contribution in [0.5, 0.6) is 0 Å². The number of hydrogen-bond acceptors (Lipinski definition) is 3. The molecule has 0 fully saturated rings. The molecular formula is C14H14F3NO3STe. The molecule has 0 amide bonds. The molecule has 0 spiro atoms. The van der Waals surface area contributed by atoms with Gasteiger partial charge >= 0.3 is 106 Å². The maximum absolute atomic E-state index is 10.7. The van der Waals surface area contributed by atoms with Gasteiger partial charge in [0, 0.05) is 0 Å². The van der Waals surface area contributed by atoms with Crippen molar-refractivity contribution in [1.82, 2.24) is 0 Å². The molecule has 0 aliphatic heterocycles. The van der Waals surface area contributed by atoms with E-state index in [1.165, 1.54) is 23.8 Å². The van der Waals surface area contributed by atoms with E-state index in [9.17, 15) is 13.2 Å². The van der Waals surface area contributed by atoms with Crippen molar-refractivity contribution in [1.29, 1.82) is 0 Å². The Morgan fingerprint density at radius 3 is 2.17 bits per heavy atom. The van der Waals surface area contributed by atoms with Crippen molar-refractivity contribution in [3.05, 3.63) is 27.0 Å². The zero-order chi connectivity index (χ0) is 18.0. The predicted molar refractivity (Wildman–Crippen MR) is 79.9 cm³/mol. The Morgan fingerprint density at radius 2 is 1.74 bits per heavy atom. The first-order chi connectivity index (χ1) is 10.4. The molecule has 23 heavy (non-hydrogen) atoms. The summed E-state index contributed by atoms with van der Waals surface area (Å²) in [5.74, 6) is 2.74. The molecule has 2 rings (SSSR count). The van der Waals surface area contributed by atoms with E-state index < -0.39 is 15.6 Å². The molecule has 0 N–H and O–H groups in total. The van der Waals surface area contributed by atoms with E-state index in [4.69, 9.17) is 19.4 Å². The number of fused-ring (bicyclic) bond motifs is 1. The maximum atomic E-state index is 10.7. The minimum absolute atomic E-state index is 0.160. The van der Waals surface area contributed by atoms with Crippen molar-refractivity contribution in [3.8, 4) is 12.3 Å². The Hall–Kier alpha value is -1.06. The molecule has 126 valence electrons. The summed E-state index contributed by atoms with van der Waals surface area (Å²) in [4.78, 5) is 0. The third kappa shape index (κ3) is 4.95. The zero-order valence-electron chi connectivity index (χ0n) is 12.6. The van der Waals surface area contributed by atoms with Crippen LogP contribution in [-0.4, -0.2) is 38.9 Å². The SMILES string of the molecule is C#CC[n+]1c(C)[te]c2cc(C)c(C)cc21.O=S(=O)([O-])C(F)(F)F. The van der Waals surface area contributed by atoms with E-state index in [0.29, 0.717) is 6.54 Å². The molecular weight excluding hydrogens is 447 g/mol. The van der Waals surface area contributed by atoms with E-state index in [2.05, 4.69) is 43.4 Å². The zero-order valence-corrected chi connectivity index (χ0v) is 15.7. The van der Waals surface area contributed by atoms with Gasteiger partial charge in [0.1, 0.15) is 0 Å². The van der Waals surface area contributed by atoms with E-state index in [1.54, 1.807) is 0 Å².